The maximum atomic E-state index is 9.33. The minimum Gasteiger partial charge on any atom is -0.310 e. The van der Waals surface area contributed by atoms with E-state index in [1.807, 2.05) is 53.8 Å². The van der Waals surface area contributed by atoms with Crippen LogP contribution >= 0.6 is 11.3 Å². The third-order valence-corrected chi connectivity index (χ3v) is 10.3. The van der Waals surface area contributed by atoms with E-state index in [2.05, 4.69) is 143 Å². The molecule has 0 saturated carbocycles. The van der Waals surface area contributed by atoms with Crippen LogP contribution in [-0.4, -0.2) is 11.4 Å². The van der Waals surface area contributed by atoms with Gasteiger partial charge in [0.2, 0.25) is 0 Å². The van der Waals surface area contributed by atoms with Crippen molar-refractivity contribution in [3.05, 3.63) is 175 Å². The minimum atomic E-state index is 0.397. The van der Waals surface area contributed by atoms with Crippen LogP contribution in [0.3, 0.4) is 0 Å². The SMILES string of the molecule is N=C1/C(=N\Nc2ccccc2)C=Cc2ccc3ccc(N(c4ccc(-c5ccccc5)cc4)c4cccc5sc6ccccc6c45)cc3c21. The number of allylic oxidation sites excluding steroid dienone is 1. The molecule has 0 radical (unpaired) electrons. The largest absolute Gasteiger partial charge is 0.310 e. The van der Waals surface area contributed by atoms with Crippen LogP contribution < -0.4 is 10.3 Å². The quantitative estimate of drug-likeness (QED) is 0.177. The van der Waals surface area contributed by atoms with Crippen LogP contribution in [0.2, 0.25) is 0 Å². The molecule has 49 heavy (non-hydrogen) atoms. The molecule has 5 heteroatoms. The first kappa shape index (κ1) is 28.9. The predicted octanol–water partition coefficient (Wildman–Crippen LogP) is 12.2. The summed E-state index contributed by atoms with van der Waals surface area (Å²) in [6.45, 7) is 0. The topological polar surface area (TPSA) is 51.5 Å². The molecule has 0 atom stereocenters. The van der Waals surface area contributed by atoms with Gasteiger partial charge >= 0.3 is 0 Å². The second-order valence-corrected chi connectivity index (χ2v) is 13.2. The number of hydrogen-bond donors (Lipinski definition) is 2. The summed E-state index contributed by atoms with van der Waals surface area (Å²) in [4.78, 5) is 2.36. The van der Waals surface area contributed by atoms with E-state index in [1.54, 1.807) is 0 Å². The standard InChI is InChI=1S/C44H30N4S/c45-44-38(47-46-33-12-5-2-6-13-33)27-23-32-19-18-31-22-26-35(28-37(31)42(32)44)48(34-24-20-30(21-25-34)29-10-3-1-4-11-29)39-15-9-17-41-43(39)36-14-7-8-16-40(36)49-41/h1-28,45-46H/b45-44?,47-38-. The van der Waals surface area contributed by atoms with E-state index in [0.29, 0.717) is 11.4 Å². The summed E-state index contributed by atoms with van der Waals surface area (Å²) in [6, 6.07) is 55.3. The lowest BCUT2D eigenvalue weighted by atomic mass is 9.89. The van der Waals surface area contributed by atoms with Gasteiger partial charge in [-0.15, -0.1) is 11.3 Å². The van der Waals surface area contributed by atoms with Gasteiger partial charge in [0.1, 0.15) is 5.71 Å². The van der Waals surface area contributed by atoms with Gasteiger partial charge in [0.15, 0.2) is 0 Å². The molecule has 0 spiro atoms. The van der Waals surface area contributed by atoms with Crippen molar-refractivity contribution in [2.24, 2.45) is 5.10 Å². The van der Waals surface area contributed by atoms with E-state index in [9.17, 15) is 5.41 Å². The molecule has 232 valence electrons. The molecule has 0 bridgehead atoms. The minimum absolute atomic E-state index is 0.397. The van der Waals surface area contributed by atoms with Crippen LogP contribution in [0.25, 0.3) is 48.1 Å². The average molecular weight is 647 g/mol. The van der Waals surface area contributed by atoms with Gasteiger partial charge in [0, 0.05) is 37.1 Å². The van der Waals surface area contributed by atoms with Crippen molar-refractivity contribution in [1.29, 1.82) is 5.41 Å². The van der Waals surface area contributed by atoms with Gasteiger partial charge in [-0.25, -0.2) is 0 Å². The molecule has 9 rings (SSSR count). The maximum Gasteiger partial charge on any atom is 0.109 e. The molecule has 4 nitrogen and oxygen atoms in total. The molecule has 1 aliphatic rings. The fourth-order valence-corrected chi connectivity index (χ4v) is 7.92. The number of benzene rings is 7. The molecule has 0 saturated heterocycles. The summed E-state index contributed by atoms with van der Waals surface area (Å²) in [7, 11) is 0. The summed E-state index contributed by atoms with van der Waals surface area (Å²) in [5, 5.41) is 18.5. The molecular formula is C44H30N4S. The lowest BCUT2D eigenvalue weighted by Crippen LogP contribution is -2.19. The van der Waals surface area contributed by atoms with E-state index in [0.717, 1.165) is 44.6 Å². The molecule has 0 amide bonds. The summed E-state index contributed by atoms with van der Waals surface area (Å²) < 4.78 is 2.52. The highest BCUT2D eigenvalue weighted by molar-refractivity contribution is 7.26. The number of fused-ring (bicyclic) bond motifs is 6. The predicted molar refractivity (Wildman–Crippen MR) is 210 cm³/mol. The Kier molecular flexibility index (Phi) is 7.11. The van der Waals surface area contributed by atoms with Crippen LogP contribution in [0.1, 0.15) is 11.1 Å². The molecule has 1 aliphatic carbocycles. The Labute approximate surface area is 288 Å². The number of hydrazone groups is 1. The molecule has 1 heterocycles. The third-order valence-electron chi connectivity index (χ3n) is 9.16. The van der Waals surface area contributed by atoms with Crippen LogP contribution in [-0.2, 0) is 0 Å². The van der Waals surface area contributed by atoms with E-state index in [-0.39, 0.29) is 0 Å². The molecule has 0 fully saturated rings. The van der Waals surface area contributed by atoms with Crippen molar-refractivity contribution < 1.29 is 0 Å². The highest BCUT2D eigenvalue weighted by Gasteiger charge is 2.22. The summed E-state index contributed by atoms with van der Waals surface area (Å²) in [5.74, 6) is 0. The lowest BCUT2D eigenvalue weighted by molar-refractivity contribution is 1.30. The van der Waals surface area contributed by atoms with Crippen molar-refractivity contribution >= 4 is 82.5 Å². The molecule has 1 aromatic heterocycles. The summed E-state index contributed by atoms with van der Waals surface area (Å²) in [6.07, 6.45) is 3.97. The normalized spacial score (nSPS) is 13.3. The summed E-state index contributed by atoms with van der Waals surface area (Å²) in [5.41, 5.74) is 12.5. The van der Waals surface area contributed by atoms with E-state index in [4.69, 9.17) is 0 Å². The Balaban J connectivity index is 1.22. The first-order chi connectivity index (χ1) is 24.2. The fourth-order valence-electron chi connectivity index (χ4n) is 6.80. The molecule has 2 N–H and O–H groups in total. The third kappa shape index (κ3) is 5.17. The number of para-hydroxylation sites is 1. The van der Waals surface area contributed by atoms with Gasteiger partial charge in [-0.3, -0.25) is 10.8 Å². The van der Waals surface area contributed by atoms with Crippen molar-refractivity contribution in [1.82, 2.24) is 0 Å². The zero-order valence-corrected chi connectivity index (χ0v) is 27.3. The Morgan fingerprint density at radius 1 is 0.571 bits per heavy atom. The molecule has 8 aromatic rings. The Bertz CT molecular complexity index is 2580. The molecule has 7 aromatic carbocycles. The summed E-state index contributed by atoms with van der Waals surface area (Å²) >= 11 is 1.83. The van der Waals surface area contributed by atoms with Crippen molar-refractivity contribution in [2.75, 3.05) is 10.3 Å². The lowest BCUT2D eigenvalue weighted by Gasteiger charge is -2.27. The molecule has 0 unspecified atom stereocenters. The van der Waals surface area contributed by atoms with Gasteiger partial charge in [-0.2, -0.15) is 5.10 Å². The second kappa shape index (κ2) is 12.1. The van der Waals surface area contributed by atoms with Gasteiger partial charge < -0.3 is 4.90 Å². The van der Waals surface area contributed by atoms with Gasteiger partial charge in [0.05, 0.1) is 17.1 Å². The van der Waals surface area contributed by atoms with Crippen LogP contribution in [0, 0.1) is 5.41 Å². The van der Waals surface area contributed by atoms with Crippen molar-refractivity contribution in [2.45, 2.75) is 0 Å². The highest BCUT2D eigenvalue weighted by Crippen LogP contribution is 2.45. The van der Waals surface area contributed by atoms with Gasteiger partial charge in [0.25, 0.3) is 0 Å². The Morgan fingerprint density at radius 3 is 2.10 bits per heavy atom. The van der Waals surface area contributed by atoms with Crippen molar-refractivity contribution in [3.8, 4) is 11.1 Å². The van der Waals surface area contributed by atoms with E-state index < -0.39 is 0 Å². The number of thiophene rings is 1. The van der Waals surface area contributed by atoms with Gasteiger partial charge in [-0.05, 0) is 88.1 Å². The van der Waals surface area contributed by atoms with E-state index >= 15 is 0 Å². The molecular weight excluding hydrogens is 617 g/mol. The monoisotopic (exact) mass is 646 g/mol. The average Bonchev–Trinajstić information content (AvgIpc) is 3.55. The second-order valence-electron chi connectivity index (χ2n) is 12.1. The number of rotatable bonds is 6. The van der Waals surface area contributed by atoms with E-state index in [1.165, 1.54) is 31.3 Å². The Hall–Kier alpha value is -6.30. The number of anilines is 4. The first-order valence-corrected chi connectivity index (χ1v) is 17.1. The zero-order chi connectivity index (χ0) is 32.7. The molecule has 0 aliphatic heterocycles. The van der Waals surface area contributed by atoms with Crippen LogP contribution in [0.5, 0.6) is 0 Å². The maximum absolute atomic E-state index is 9.33. The first-order valence-electron chi connectivity index (χ1n) is 16.3. The fraction of sp³-hybridized carbons (Fsp3) is 0. The number of nitrogens with zero attached hydrogens (tertiary/aromatic N) is 2. The van der Waals surface area contributed by atoms with Crippen LogP contribution in [0.4, 0.5) is 22.7 Å². The Morgan fingerprint density at radius 2 is 1.27 bits per heavy atom. The smallest absolute Gasteiger partial charge is 0.109 e. The zero-order valence-electron chi connectivity index (χ0n) is 26.5. The number of hydrogen-bond acceptors (Lipinski definition) is 5. The van der Waals surface area contributed by atoms with Crippen molar-refractivity contribution in [3.63, 3.8) is 0 Å². The van der Waals surface area contributed by atoms with Crippen LogP contribution in [0.15, 0.2) is 169 Å². The highest BCUT2D eigenvalue weighted by atomic mass is 32.1. The van der Waals surface area contributed by atoms with Gasteiger partial charge in [-0.1, -0.05) is 109 Å². The number of nitrogens with one attached hydrogen (secondary N) is 2.